The Morgan fingerprint density at radius 2 is 0.877 bits per heavy atom. The van der Waals surface area contributed by atoms with Gasteiger partial charge in [0.25, 0.3) is 5.79 Å². The van der Waals surface area contributed by atoms with Gasteiger partial charge in [0, 0.05) is 33.1 Å². The van der Waals surface area contributed by atoms with Crippen molar-refractivity contribution in [3.8, 4) is 0 Å². The summed E-state index contributed by atoms with van der Waals surface area (Å²) >= 11 is 0. The predicted octanol–water partition coefficient (Wildman–Crippen LogP) is -13.8. The van der Waals surface area contributed by atoms with Gasteiger partial charge in [0.1, 0.15) is 122 Å². The first-order valence-corrected chi connectivity index (χ1v) is 25.7. The van der Waals surface area contributed by atoms with E-state index in [9.17, 15) is 111 Å². The molecule has 1 saturated carbocycles. The summed E-state index contributed by atoms with van der Waals surface area (Å²) in [5, 5.41) is 202. The number of carboxylic acid groups (broad SMARTS) is 1. The minimum absolute atomic E-state index is 0.736. The molecule has 81 heavy (non-hydrogen) atoms. The molecule has 0 aromatic heterocycles. The third-order valence-electron chi connectivity index (χ3n) is 15.1. The van der Waals surface area contributed by atoms with Crippen molar-refractivity contribution in [2.24, 2.45) is 5.92 Å². The molecule has 36 heteroatoms. The Morgan fingerprint density at radius 1 is 0.444 bits per heavy atom. The van der Waals surface area contributed by atoms with Crippen LogP contribution in [-0.4, -0.2) is 338 Å². The van der Waals surface area contributed by atoms with Gasteiger partial charge in [-0.25, -0.2) is 4.79 Å². The molecule has 0 spiro atoms. The molecule has 0 bridgehead atoms. The number of aliphatic hydroxyl groups excluding tert-OH is 17. The van der Waals surface area contributed by atoms with Crippen LogP contribution in [0.15, 0.2) is 0 Å². The number of rotatable bonds is 20. The maximum absolute atomic E-state index is 13.2. The standard InChI is InChI=1S/C45H73N3O33/c1-10(53)46-20-13(56)4-45(44(69)70,81-36(20)19-26(60)27(19)61)71-9-18-25(59)37(79-42-32(66)30(64)35(17(8-52)75-42)77-40-21(47-11(2)54)28(62)23(57)14(5-49)73-40)22(48-12(3)55)41(76-18)80-38-24(58)15(6-50)74-43(33(38)67)78-34-16(7-51)72-39(68)31(65)29(34)63/h13-43,49-52,56-68H,4-9H2,1-3H3,(H,46,53)(H,47,54)(H,48,55)(H,69,70)/t13-,14?,15?,16?,17?,18?,19?,20-,21+,22+,23+,24+,25-,26+,27?,28-,29-,30?,31+,32+,33+,34-,35+,36?,37-,38+,39?,40?,41?,42+,43?,45-/m1/s1. The van der Waals surface area contributed by atoms with Crippen LogP contribution in [0, 0.1) is 5.92 Å². The zero-order chi connectivity index (χ0) is 59.8. The van der Waals surface area contributed by atoms with Crippen molar-refractivity contribution in [1.82, 2.24) is 16.0 Å². The molecule has 0 radical (unpaired) electrons. The van der Waals surface area contributed by atoms with Crippen LogP contribution in [0.5, 0.6) is 0 Å². The maximum atomic E-state index is 13.2. The fourth-order valence-corrected chi connectivity index (χ4v) is 10.7. The number of carbonyl (C=O) groups is 4. The van der Waals surface area contributed by atoms with E-state index in [2.05, 4.69) is 16.0 Å². The molecule has 6 aliphatic heterocycles. The monoisotopic (exact) mass is 1180 g/mol. The molecule has 7 aliphatic rings. The minimum atomic E-state index is -2.98. The highest BCUT2D eigenvalue weighted by Gasteiger charge is 2.64. The van der Waals surface area contributed by atoms with Crippen molar-refractivity contribution in [3.05, 3.63) is 0 Å². The van der Waals surface area contributed by atoms with Gasteiger partial charge >= 0.3 is 5.97 Å². The highest BCUT2D eigenvalue weighted by Crippen LogP contribution is 2.45. The van der Waals surface area contributed by atoms with Crippen LogP contribution in [0.25, 0.3) is 0 Å². The Hall–Kier alpha value is -3.24. The number of hydrogen-bond acceptors (Lipinski definition) is 32. The van der Waals surface area contributed by atoms with E-state index in [1.165, 1.54) is 0 Å². The number of carbonyl (C=O) groups excluding carboxylic acids is 3. The lowest BCUT2D eigenvalue weighted by atomic mass is 9.90. The lowest BCUT2D eigenvalue weighted by Crippen LogP contribution is -2.71. The Kier molecular flexibility index (Phi) is 21.8. The lowest BCUT2D eigenvalue weighted by Gasteiger charge is -2.51. The summed E-state index contributed by atoms with van der Waals surface area (Å²) in [7, 11) is 0. The summed E-state index contributed by atoms with van der Waals surface area (Å²) in [4.78, 5) is 50.6. The largest absolute Gasteiger partial charge is 0.477 e. The van der Waals surface area contributed by atoms with Gasteiger partial charge in [0.15, 0.2) is 31.5 Å². The van der Waals surface area contributed by atoms with E-state index >= 15 is 0 Å². The molecular formula is C45H73N3O33. The Labute approximate surface area is 458 Å². The van der Waals surface area contributed by atoms with E-state index < -0.39 is 259 Å². The molecule has 7 fully saturated rings. The predicted molar refractivity (Wildman–Crippen MR) is 248 cm³/mol. The first-order valence-electron chi connectivity index (χ1n) is 25.7. The molecule has 6 heterocycles. The zero-order valence-electron chi connectivity index (χ0n) is 43.3. The summed E-state index contributed by atoms with van der Waals surface area (Å²) in [6.07, 6.45) is -54.0. The molecule has 0 aromatic rings. The van der Waals surface area contributed by atoms with Crippen molar-refractivity contribution in [3.63, 3.8) is 0 Å². The molecular weight excluding hydrogens is 1110 g/mol. The van der Waals surface area contributed by atoms with Crippen molar-refractivity contribution >= 4 is 23.7 Å². The minimum Gasteiger partial charge on any atom is -0.477 e. The molecule has 3 amide bonds. The van der Waals surface area contributed by atoms with Crippen LogP contribution in [0.3, 0.4) is 0 Å². The Bertz CT molecular complexity index is 2110. The normalized spacial score (nSPS) is 49.3. The lowest BCUT2D eigenvalue weighted by molar-refractivity contribution is -0.386. The first-order chi connectivity index (χ1) is 38.1. The quantitative estimate of drug-likeness (QED) is 0.0538. The second-order valence-corrected chi connectivity index (χ2v) is 20.7. The molecule has 32 atom stereocenters. The van der Waals surface area contributed by atoms with E-state index in [0.29, 0.717) is 0 Å². The summed E-state index contributed by atoms with van der Waals surface area (Å²) < 4.78 is 63.6. The molecule has 466 valence electrons. The summed E-state index contributed by atoms with van der Waals surface area (Å²) in [5.41, 5.74) is 0. The van der Waals surface area contributed by atoms with E-state index in [1.807, 2.05) is 0 Å². The molecule has 7 rings (SSSR count). The SMILES string of the molecule is CC(=O)N[C@@H]1C(O[C@H]2C(CO)O[C@@H](O[C@H]3[C@H](O)C(CO[C@]4(C(=O)O)C[C@@H](O)[C@@H](NC(C)=O)C(C5C(O)[C@H]5O)O4)OC(O[C@@H]4[C@H](O)C(O[C@@H]5C(CO)OC(O)[C@@H](O)[C@H]5O)OC(CO)[C@@H]4O)[C@H]3NC(C)=O)[C@@H](O)C2O)OC(CO)[C@H](O)[C@@H]1O. The van der Waals surface area contributed by atoms with Crippen molar-refractivity contribution in [2.45, 2.75) is 217 Å². The fourth-order valence-electron chi connectivity index (χ4n) is 10.7. The van der Waals surface area contributed by atoms with Gasteiger partial charge in [-0.2, -0.15) is 0 Å². The van der Waals surface area contributed by atoms with E-state index in [-0.39, 0.29) is 0 Å². The number of nitrogens with one attached hydrogen (secondary N) is 3. The summed E-state index contributed by atoms with van der Waals surface area (Å²) in [6, 6.07) is -5.04. The molecule has 13 unspecified atom stereocenters. The molecule has 36 nitrogen and oxygen atoms in total. The number of hydrogen-bond donors (Lipinski definition) is 21. The molecule has 1 aliphatic carbocycles. The zero-order valence-corrected chi connectivity index (χ0v) is 43.3. The summed E-state index contributed by atoms with van der Waals surface area (Å²) in [6.45, 7) is -2.23. The third kappa shape index (κ3) is 13.7. The molecule has 0 aromatic carbocycles. The van der Waals surface area contributed by atoms with Crippen molar-refractivity contribution < 1.29 is 163 Å². The highest BCUT2D eigenvalue weighted by atomic mass is 16.8. The van der Waals surface area contributed by atoms with Crippen LogP contribution in [0.1, 0.15) is 27.2 Å². The van der Waals surface area contributed by atoms with Crippen LogP contribution < -0.4 is 16.0 Å². The van der Waals surface area contributed by atoms with E-state index in [4.69, 9.17) is 52.1 Å². The molecule has 6 saturated heterocycles. The Morgan fingerprint density at radius 3 is 1.43 bits per heavy atom. The van der Waals surface area contributed by atoms with Gasteiger partial charge in [0.2, 0.25) is 17.7 Å². The first kappa shape index (κ1) is 65.3. The maximum Gasteiger partial charge on any atom is 0.364 e. The van der Waals surface area contributed by atoms with Gasteiger partial charge in [-0.15, -0.1) is 0 Å². The second-order valence-electron chi connectivity index (χ2n) is 20.7. The fraction of sp³-hybridized carbons (Fsp3) is 0.911. The second kappa shape index (κ2) is 27.0. The Balaban J connectivity index is 1.22. The van der Waals surface area contributed by atoms with Gasteiger partial charge in [-0.05, 0) is 0 Å². The van der Waals surface area contributed by atoms with Gasteiger partial charge in [0.05, 0.1) is 63.5 Å². The van der Waals surface area contributed by atoms with Crippen molar-refractivity contribution in [2.75, 3.05) is 33.0 Å². The number of aliphatic hydroxyl groups is 17. The van der Waals surface area contributed by atoms with Gasteiger partial charge in [-0.1, -0.05) is 0 Å². The number of amides is 3. The van der Waals surface area contributed by atoms with Crippen LogP contribution in [-0.2, 0) is 71.3 Å². The third-order valence-corrected chi connectivity index (χ3v) is 15.1. The van der Waals surface area contributed by atoms with Crippen LogP contribution in [0.4, 0.5) is 0 Å². The highest BCUT2D eigenvalue weighted by molar-refractivity contribution is 5.77. The van der Waals surface area contributed by atoms with E-state index in [1.54, 1.807) is 0 Å². The average molecular weight is 1180 g/mol. The smallest absolute Gasteiger partial charge is 0.364 e. The molecule has 21 N–H and O–H groups in total. The summed E-state index contributed by atoms with van der Waals surface area (Å²) in [5.74, 6) is -8.72. The van der Waals surface area contributed by atoms with Gasteiger partial charge in [-0.3, -0.25) is 14.4 Å². The number of carboxylic acids is 1. The van der Waals surface area contributed by atoms with Crippen LogP contribution >= 0.6 is 0 Å². The number of aliphatic carboxylic acids is 1. The van der Waals surface area contributed by atoms with E-state index in [0.717, 1.165) is 20.8 Å². The average Bonchev–Trinajstić information content (AvgIpc) is 4.09. The topological polar surface area (TPSA) is 570 Å². The number of ether oxygens (including phenoxy) is 11. The van der Waals surface area contributed by atoms with Crippen molar-refractivity contribution in [1.29, 1.82) is 0 Å². The van der Waals surface area contributed by atoms with Gasteiger partial charge < -0.3 is 160 Å². The van der Waals surface area contributed by atoms with Crippen LogP contribution in [0.2, 0.25) is 0 Å².